The molecule has 0 spiro atoms. The predicted molar refractivity (Wildman–Crippen MR) is 56.7 cm³/mol. The van der Waals surface area contributed by atoms with Crippen LogP contribution in [0.5, 0.6) is 0 Å². The van der Waals surface area contributed by atoms with Crippen molar-refractivity contribution in [3.05, 3.63) is 0 Å². The zero-order chi connectivity index (χ0) is 12.1. The third-order valence-corrected chi connectivity index (χ3v) is 2.64. The number of likely N-dealkylation sites (tertiary alicyclic amines) is 1. The summed E-state index contributed by atoms with van der Waals surface area (Å²) >= 11 is 10.8. The van der Waals surface area contributed by atoms with Gasteiger partial charge in [-0.1, -0.05) is 23.2 Å². The van der Waals surface area contributed by atoms with Crippen molar-refractivity contribution in [1.29, 1.82) is 0 Å². The van der Waals surface area contributed by atoms with Crippen molar-refractivity contribution in [2.45, 2.75) is 23.8 Å². The van der Waals surface area contributed by atoms with E-state index in [1.807, 2.05) is 0 Å². The largest absolute Gasteiger partial charge is 0.375 e. The first-order valence-electron chi connectivity index (χ1n) is 4.88. The number of alkyl halides is 2. The molecule has 5 nitrogen and oxygen atoms in total. The summed E-state index contributed by atoms with van der Waals surface area (Å²) in [4.78, 5) is 22.7. The second-order valence-electron chi connectivity index (χ2n) is 3.37. The highest BCUT2D eigenvalue weighted by molar-refractivity contribution is 6.53. The third kappa shape index (κ3) is 3.59. The van der Waals surface area contributed by atoms with Crippen LogP contribution in [0.15, 0.2) is 0 Å². The average Bonchev–Trinajstić information content (AvgIpc) is 2.25. The van der Waals surface area contributed by atoms with E-state index < -0.39 is 10.7 Å². The van der Waals surface area contributed by atoms with Crippen molar-refractivity contribution in [2.24, 2.45) is 0 Å². The number of imide groups is 1. The van der Waals surface area contributed by atoms with Gasteiger partial charge in [0.25, 0.3) is 5.91 Å². The van der Waals surface area contributed by atoms with E-state index in [-0.39, 0.29) is 38.2 Å². The molecule has 2 amide bonds. The maximum Gasteiger partial charge on any atom is 0.262 e. The molecular formula is C9H12Cl2NO4. The Balaban J connectivity index is 2.46. The molecule has 0 bridgehead atoms. The van der Waals surface area contributed by atoms with Gasteiger partial charge in [-0.15, -0.1) is 0 Å². The topological polar surface area (TPSA) is 66.5 Å². The number of amides is 2. The summed E-state index contributed by atoms with van der Waals surface area (Å²) in [6, 6.07) is 0. The number of piperidine rings is 1. The summed E-state index contributed by atoms with van der Waals surface area (Å²) in [7, 11) is 0. The van der Waals surface area contributed by atoms with E-state index >= 15 is 0 Å². The van der Waals surface area contributed by atoms with Crippen LogP contribution in [-0.4, -0.2) is 47.4 Å². The Hall–Kier alpha value is -0.360. The molecule has 0 saturated carbocycles. The lowest BCUT2D eigenvalue weighted by atomic mass is 10.1. The molecule has 1 saturated heterocycles. The van der Waals surface area contributed by atoms with E-state index in [4.69, 9.17) is 27.9 Å². The quantitative estimate of drug-likeness (QED) is 0.707. The molecule has 1 unspecified atom stereocenters. The summed E-state index contributed by atoms with van der Waals surface area (Å²) < 4.78 is 5.15. The summed E-state index contributed by atoms with van der Waals surface area (Å²) in [6.07, 6.45) is 0.319. The molecule has 1 rings (SSSR count). The van der Waals surface area contributed by atoms with Gasteiger partial charge in [-0.05, 0) is 6.42 Å². The van der Waals surface area contributed by atoms with Gasteiger partial charge in [-0.3, -0.25) is 14.5 Å². The maximum absolute atomic E-state index is 11.5. The molecule has 1 fully saturated rings. The van der Waals surface area contributed by atoms with Gasteiger partial charge in [0.05, 0.1) is 19.1 Å². The Kier molecular flexibility index (Phi) is 5.48. The lowest BCUT2D eigenvalue weighted by Crippen LogP contribution is -2.47. The molecule has 0 aromatic rings. The summed E-state index contributed by atoms with van der Waals surface area (Å²) in [5.74, 6) is -0.964. The number of rotatable bonds is 4. The summed E-state index contributed by atoms with van der Waals surface area (Å²) in [5.41, 5.74) is 0. The molecular weight excluding hydrogens is 257 g/mol. The zero-order valence-corrected chi connectivity index (χ0v) is 10.0. The van der Waals surface area contributed by atoms with Gasteiger partial charge in [0.2, 0.25) is 5.91 Å². The molecule has 1 heterocycles. The van der Waals surface area contributed by atoms with Crippen LogP contribution in [0.3, 0.4) is 0 Å². The second kappa shape index (κ2) is 6.39. The van der Waals surface area contributed by atoms with Crippen LogP contribution in [-0.2, 0) is 19.4 Å². The normalized spacial score (nSPS) is 21.6. The van der Waals surface area contributed by atoms with Crippen molar-refractivity contribution >= 4 is 35.0 Å². The lowest BCUT2D eigenvalue weighted by Gasteiger charge is -2.30. The van der Waals surface area contributed by atoms with Crippen LogP contribution in [0.4, 0.5) is 0 Å². The minimum Gasteiger partial charge on any atom is -0.375 e. The SMILES string of the molecule is [O]CCOC1CCN(C(=O)C(Cl)Cl)C(=O)C1. The number of hydrogen-bond acceptors (Lipinski definition) is 3. The van der Waals surface area contributed by atoms with E-state index in [2.05, 4.69) is 0 Å². The lowest BCUT2D eigenvalue weighted by molar-refractivity contribution is -0.150. The van der Waals surface area contributed by atoms with Crippen molar-refractivity contribution in [3.63, 3.8) is 0 Å². The van der Waals surface area contributed by atoms with Crippen LogP contribution in [0.1, 0.15) is 12.8 Å². The zero-order valence-electron chi connectivity index (χ0n) is 8.53. The van der Waals surface area contributed by atoms with Crippen molar-refractivity contribution in [1.82, 2.24) is 4.90 Å². The Morgan fingerprint density at radius 3 is 2.75 bits per heavy atom. The van der Waals surface area contributed by atoms with Gasteiger partial charge in [0.15, 0.2) is 4.84 Å². The van der Waals surface area contributed by atoms with Crippen LogP contribution in [0.25, 0.3) is 0 Å². The molecule has 0 aliphatic carbocycles. The first kappa shape index (κ1) is 13.7. The number of hydrogen-bond donors (Lipinski definition) is 0. The molecule has 0 N–H and O–H groups in total. The van der Waals surface area contributed by atoms with Gasteiger partial charge < -0.3 is 4.74 Å². The molecule has 91 valence electrons. The molecule has 1 aliphatic heterocycles. The van der Waals surface area contributed by atoms with E-state index in [0.717, 1.165) is 4.90 Å². The van der Waals surface area contributed by atoms with E-state index in [1.165, 1.54) is 0 Å². The average molecular weight is 269 g/mol. The Morgan fingerprint density at radius 2 is 2.25 bits per heavy atom. The van der Waals surface area contributed by atoms with Gasteiger partial charge >= 0.3 is 0 Å². The minimum atomic E-state index is -1.22. The van der Waals surface area contributed by atoms with Gasteiger partial charge in [0.1, 0.15) is 6.61 Å². The van der Waals surface area contributed by atoms with Crippen LogP contribution in [0.2, 0.25) is 0 Å². The van der Waals surface area contributed by atoms with Crippen molar-refractivity contribution in [2.75, 3.05) is 19.8 Å². The van der Waals surface area contributed by atoms with Crippen molar-refractivity contribution in [3.8, 4) is 0 Å². The van der Waals surface area contributed by atoms with Gasteiger partial charge in [0, 0.05) is 6.54 Å². The molecule has 0 aromatic carbocycles. The van der Waals surface area contributed by atoms with E-state index in [1.54, 1.807) is 0 Å². The molecule has 1 atom stereocenters. The van der Waals surface area contributed by atoms with Crippen LogP contribution < -0.4 is 0 Å². The fraction of sp³-hybridized carbons (Fsp3) is 0.778. The standard InChI is InChI=1S/C9H12Cl2NO4/c10-8(11)9(15)12-2-1-6(5-7(12)14)16-4-3-13/h6,8H,1-5H2. The number of carbonyl (C=O) groups is 2. The molecule has 1 radical (unpaired) electrons. The maximum atomic E-state index is 11.5. The monoisotopic (exact) mass is 268 g/mol. The van der Waals surface area contributed by atoms with Gasteiger partial charge in [-0.25, -0.2) is 5.11 Å². The Morgan fingerprint density at radius 1 is 1.56 bits per heavy atom. The second-order valence-corrected chi connectivity index (χ2v) is 4.47. The first-order valence-corrected chi connectivity index (χ1v) is 5.75. The van der Waals surface area contributed by atoms with Crippen LogP contribution in [0, 0.1) is 0 Å². The highest BCUT2D eigenvalue weighted by Crippen LogP contribution is 2.18. The molecule has 7 heteroatoms. The van der Waals surface area contributed by atoms with E-state index in [9.17, 15) is 14.7 Å². The Labute approximate surface area is 103 Å². The third-order valence-electron chi connectivity index (χ3n) is 2.27. The number of ether oxygens (including phenoxy) is 1. The fourth-order valence-corrected chi connectivity index (χ4v) is 1.75. The molecule has 16 heavy (non-hydrogen) atoms. The molecule has 0 aromatic heterocycles. The number of carbonyl (C=O) groups excluding carboxylic acids is 2. The number of halogens is 2. The predicted octanol–water partition coefficient (Wildman–Crippen LogP) is 0.755. The van der Waals surface area contributed by atoms with Gasteiger partial charge in [-0.2, -0.15) is 0 Å². The smallest absolute Gasteiger partial charge is 0.262 e. The highest BCUT2D eigenvalue weighted by atomic mass is 35.5. The Bertz CT molecular complexity index is 272. The minimum absolute atomic E-state index is 0.0829. The van der Waals surface area contributed by atoms with E-state index in [0.29, 0.717) is 6.42 Å². The molecule has 1 aliphatic rings. The van der Waals surface area contributed by atoms with Crippen LogP contribution >= 0.6 is 23.2 Å². The van der Waals surface area contributed by atoms with Crippen molar-refractivity contribution < 1.29 is 19.4 Å². The summed E-state index contributed by atoms with van der Waals surface area (Å²) in [5, 5.41) is 10.2. The first-order chi connectivity index (χ1) is 7.56. The number of nitrogens with zero attached hydrogens (tertiary/aromatic N) is 1. The highest BCUT2D eigenvalue weighted by Gasteiger charge is 2.32. The fourth-order valence-electron chi connectivity index (χ4n) is 1.51. The summed E-state index contributed by atoms with van der Waals surface area (Å²) in [6.45, 7) is -0.0184.